The Labute approximate surface area is 87.5 Å². The Morgan fingerprint density at radius 1 is 1.33 bits per heavy atom. The SMILES string of the molecule is O=C1Nc2ccc(F)cc2C1C1CCC1. The smallest absolute Gasteiger partial charge is 0.232 e. The summed E-state index contributed by atoms with van der Waals surface area (Å²) in [7, 11) is 0. The van der Waals surface area contributed by atoms with Crippen LogP contribution in [0.4, 0.5) is 10.1 Å². The van der Waals surface area contributed by atoms with E-state index in [0.29, 0.717) is 5.92 Å². The number of carbonyl (C=O) groups is 1. The van der Waals surface area contributed by atoms with E-state index in [0.717, 1.165) is 24.1 Å². The van der Waals surface area contributed by atoms with Crippen LogP contribution in [0, 0.1) is 11.7 Å². The van der Waals surface area contributed by atoms with Gasteiger partial charge in [0.1, 0.15) is 5.82 Å². The van der Waals surface area contributed by atoms with Crippen LogP contribution in [-0.2, 0) is 4.79 Å². The summed E-state index contributed by atoms with van der Waals surface area (Å²) >= 11 is 0. The molecule has 1 fully saturated rings. The Balaban J connectivity index is 2.03. The van der Waals surface area contributed by atoms with Crippen LogP contribution in [0.2, 0.25) is 0 Å². The van der Waals surface area contributed by atoms with E-state index in [9.17, 15) is 9.18 Å². The minimum absolute atomic E-state index is 0.0419. The molecular formula is C12H12FNO. The molecule has 0 bridgehead atoms. The molecule has 3 rings (SSSR count). The van der Waals surface area contributed by atoms with Gasteiger partial charge in [-0.25, -0.2) is 4.39 Å². The zero-order chi connectivity index (χ0) is 10.4. The van der Waals surface area contributed by atoms with Crippen molar-refractivity contribution in [3.8, 4) is 0 Å². The van der Waals surface area contributed by atoms with Crippen molar-refractivity contribution in [3.63, 3.8) is 0 Å². The van der Waals surface area contributed by atoms with Gasteiger partial charge in [0.05, 0.1) is 5.92 Å². The van der Waals surface area contributed by atoms with Crippen LogP contribution in [0.5, 0.6) is 0 Å². The van der Waals surface area contributed by atoms with Gasteiger partial charge in [0.25, 0.3) is 0 Å². The van der Waals surface area contributed by atoms with Gasteiger partial charge >= 0.3 is 0 Å². The average Bonchev–Trinajstić information content (AvgIpc) is 2.42. The van der Waals surface area contributed by atoms with Crippen molar-refractivity contribution in [2.24, 2.45) is 5.92 Å². The molecule has 1 saturated carbocycles. The Bertz CT molecular complexity index is 426. The van der Waals surface area contributed by atoms with Gasteiger partial charge < -0.3 is 5.32 Å². The lowest BCUT2D eigenvalue weighted by atomic mass is 9.73. The first-order valence-electron chi connectivity index (χ1n) is 5.36. The fourth-order valence-electron chi connectivity index (χ4n) is 2.50. The van der Waals surface area contributed by atoms with Crippen LogP contribution in [0.25, 0.3) is 0 Å². The highest BCUT2D eigenvalue weighted by atomic mass is 19.1. The third kappa shape index (κ3) is 1.26. The minimum atomic E-state index is -0.255. The molecule has 1 aliphatic carbocycles. The lowest BCUT2D eigenvalue weighted by Crippen LogP contribution is -2.25. The van der Waals surface area contributed by atoms with Gasteiger partial charge in [-0.3, -0.25) is 4.79 Å². The van der Waals surface area contributed by atoms with E-state index in [1.165, 1.54) is 18.6 Å². The second kappa shape index (κ2) is 3.05. The first kappa shape index (κ1) is 8.89. The number of anilines is 1. The molecule has 2 nitrogen and oxygen atoms in total. The van der Waals surface area contributed by atoms with Gasteiger partial charge in [0.15, 0.2) is 0 Å². The summed E-state index contributed by atoms with van der Waals surface area (Å²) in [5, 5.41) is 2.82. The second-order valence-electron chi connectivity index (χ2n) is 4.39. The molecule has 0 radical (unpaired) electrons. The summed E-state index contributed by atoms with van der Waals surface area (Å²) < 4.78 is 13.1. The number of halogens is 1. The quantitative estimate of drug-likeness (QED) is 0.750. The maximum atomic E-state index is 13.1. The highest BCUT2D eigenvalue weighted by molar-refractivity contribution is 6.03. The van der Waals surface area contributed by atoms with Gasteiger partial charge in [-0.05, 0) is 42.5 Å². The summed E-state index contributed by atoms with van der Waals surface area (Å²) in [6.45, 7) is 0. The van der Waals surface area contributed by atoms with Crippen LogP contribution < -0.4 is 5.32 Å². The number of amides is 1. The van der Waals surface area contributed by atoms with Crippen molar-refractivity contribution in [3.05, 3.63) is 29.6 Å². The monoisotopic (exact) mass is 205 g/mol. The van der Waals surface area contributed by atoms with Crippen molar-refractivity contribution in [1.29, 1.82) is 0 Å². The normalized spacial score (nSPS) is 24.6. The van der Waals surface area contributed by atoms with E-state index < -0.39 is 0 Å². The number of nitrogens with one attached hydrogen (secondary N) is 1. The lowest BCUT2D eigenvalue weighted by molar-refractivity contribution is -0.118. The van der Waals surface area contributed by atoms with Crippen LogP contribution >= 0.6 is 0 Å². The van der Waals surface area contributed by atoms with Gasteiger partial charge in [-0.2, -0.15) is 0 Å². The Morgan fingerprint density at radius 3 is 2.80 bits per heavy atom. The zero-order valence-electron chi connectivity index (χ0n) is 8.29. The fourth-order valence-corrected chi connectivity index (χ4v) is 2.50. The largest absolute Gasteiger partial charge is 0.325 e. The van der Waals surface area contributed by atoms with Crippen LogP contribution in [0.1, 0.15) is 30.7 Å². The van der Waals surface area contributed by atoms with Crippen molar-refractivity contribution in [2.45, 2.75) is 25.2 Å². The first-order valence-corrected chi connectivity index (χ1v) is 5.36. The molecule has 0 spiro atoms. The highest BCUT2D eigenvalue weighted by Gasteiger charge is 2.39. The predicted octanol–water partition coefficient (Wildman–Crippen LogP) is 2.66. The topological polar surface area (TPSA) is 29.1 Å². The maximum Gasteiger partial charge on any atom is 0.232 e. The summed E-state index contributed by atoms with van der Waals surface area (Å²) in [6.07, 6.45) is 3.38. The molecule has 0 saturated heterocycles. The molecule has 1 amide bonds. The summed E-state index contributed by atoms with van der Waals surface area (Å²) in [5.74, 6) is 0.104. The predicted molar refractivity (Wildman–Crippen MR) is 55.1 cm³/mol. The third-order valence-corrected chi connectivity index (χ3v) is 3.51. The molecule has 1 heterocycles. The number of rotatable bonds is 1. The number of fused-ring (bicyclic) bond motifs is 1. The van der Waals surface area contributed by atoms with Gasteiger partial charge in [0, 0.05) is 5.69 Å². The molecule has 15 heavy (non-hydrogen) atoms. The van der Waals surface area contributed by atoms with Crippen LogP contribution in [-0.4, -0.2) is 5.91 Å². The number of carbonyl (C=O) groups excluding carboxylic acids is 1. The molecule has 78 valence electrons. The van der Waals surface area contributed by atoms with Gasteiger partial charge in [0.2, 0.25) is 5.91 Å². The van der Waals surface area contributed by atoms with E-state index in [-0.39, 0.29) is 17.6 Å². The standard InChI is InChI=1S/C12H12FNO/c13-8-4-5-10-9(6-8)11(12(15)14-10)7-2-1-3-7/h4-7,11H,1-3H2,(H,14,15). The highest BCUT2D eigenvalue weighted by Crippen LogP contribution is 2.45. The van der Waals surface area contributed by atoms with Gasteiger partial charge in [-0.15, -0.1) is 0 Å². The molecule has 1 aromatic rings. The van der Waals surface area contributed by atoms with E-state index in [2.05, 4.69) is 5.32 Å². The molecule has 1 N–H and O–H groups in total. The molecule has 1 unspecified atom stereocenters. The third-order valence-electron chi connectivity index (χ3n) is 3.51. The van der Waals surface area contributed by atoms with Crippen molar-refractivity contribution in [2.75, 3.05) is 5.32 Å². The van der Waals surface area contributed by atoms with Crippen LogP contribution in [0.15, 0.2) is 18.2 Å². The lowest BCUT2D eigenvalue weighted by Gasteiger charge is -2.29. The number of hydrogen-bond acceptors (Lipinski definition) is 1. The first-order chi connectivity index (χ1) is 7.25. The summed E-state index contributed by atoms with van der Waals surface area (Å²) in [6, 6.07) is 4.54. The fraction of sp³-hybridized carbons (Fsp3) is 0.417. The molecule has 0 aromatic heterocycles. The molecule has 3 heteroatoms. The Morgan fingerprint density at radius 2 is 2.13 bits per heavy atom. The van der Waals surface area contributed by atoms with Crippen molar-refractivity contribution < 1.29 is 9.18 Å². The van der Waals surface area contributed by atoms with Gasteiger partial charge in [-0.1, -0.05) is 6.42 Å². The average molecular weight is 205 g/mol. The summed E-state index contributed by atoms with van der Waals surface area (Å²) in [4.78, 5) is 11.7. The molecule has 1 atom stereocenters. The van der Waals surface area contributed by atoms with E-state index in [4.69, 9.17) is 0 Å². The minimum Gasteiger partial charge on any atom is -0.325 e. The number of benzene rings is 1. The van der Waals surface area contributed by atoms with E-state index in [1.54, 1.807) is 6.07 Å². The van der Waals surface area contributed by atoms with Crippen LogP contribution in [0.3, 0.4) is 0 Å². The van der Waals surface area contributed by atoms with E-state index in [1.807, 2.05) is 0 Å². The van der Waals surface area contributed by atoms with Crippen molar-refractivity contribution >= 4 is 11.6 Å². The number of hydrogen-bond donors (Lipinski definition) is 1. The molecular weight excluding hydrogens is 193 g/mol. The van der Waals surface area contributed by atoms with Crippen molar-refractivity contribution in [1.82, 2.24) is 0 Å². The Kier molecular flexibility index (Phi) is 1.81. The second-order valence-corrected chi connectivity index (χ2v) is 4.39. The maximum absolute atomic E-state index is 13.1. The molecule has 2 aliphatic rings. The summed E-state index contributed by atoms with van der Waals surface area (Å²) in [5.41, 5.74) is 1.64. The van der Waals surface area contributed by atoms with E-state index >= 15 is 0 Å². The Hall–Kier alpha value is -1.38. The zero-order valence-corrected chi connectivity index (χ0v) is 8.29. The molecule has 1 aromatic carbocycles. The molecule has 1 aliphatic heterocycles.